The van der Waals surface area contributed by atoms with E-state index < -0.39 is 33.6 Å². The number of ether oxygens (including phenoxy) is 2. The van der Waals surface area contributed by atoms with Crippen molar-refractivity contribution in [2.24, 2.45) is 11.8 Å². The molecule has 2 saturated heterocycles. The molecular weight excluding hydrogens is 682 g/mol. The number of carbonyl (C=O) groups excluding carboxylic acids is 2. The van der Waals surface area contributed by atoms with Gasteiger partial charge in [-0.2, -0.15) is 17.5 Å². The Morgan fingerprint density at radius 1 is 1.02 bits per heavy atom. The van der Waals surface area contributed by atoms with Gasteiger partial charge in [0.15, 0.2) is 0 Å². The van der Waals surface area contributed by atoms with Crippen LogP contribution < -0.4 is 10.6 Å². The minimum absolute atomic E-state index is 0.0242. The smallest absolute Gasteiger partial charge is 0.464 e. The van der Waals surface area contributed by atoms with E-state index in [2.05, 4.69) is 10.6 Å². The summed E-state index contributed by atoms with van der Waals surface area (Å²) in [5.41, 5.74) is -3.32. The zero-order valence-electron chi connectivity index (χ0n) is 25.7. The molecule has 0 bridgehead atoms. The third-order valence-corrected chi connectivity index (χ3v) is 11.5. The van der Waals surface area contributed by atoms with Crippen LogP contribution in [0.3, 0.4) is 0 Å². The minimum atomic E-state index is -5.41. The predicted molar refractivity (Wildman–Crippen MR) is 170 cm³/mol. The molecule has 0 aromatic heterocycles. The molecule has 2 aliphatic heterocycles. The third-order valence-electron chi connectivity index (χ3n) is 9.41. The number of hydrogen-bond donors (Lipinski definition) is 2. The van der Waals surface area contributed by atoms with Gasteiger partial charge in [0.2, 0.25) is 5.91 Å². The number of amides is 1. The zero-order valence-corrected chi connectivity index (χ0v) is 28.0. The molecular formula is C32H38Cl2F3N3O6S. The number of sulfonamides is 1. The van der Waals surface area contributed by atoms with Crippen molar-refractivity contribution in [1.29, 1.82) is 0 Å². The van der Waals surface area contributed by atoms with Crippen molar-refractivity contribution < 1.29 is 40.7 Å². The van der Waals surface area contributed by atoms with Gasteiger partial charge in [0.25, 0.3) is 0 Å². The lowest BCUT2D eigenvalue weighted by Gasteiger charge is -2.50. The molecule has 5 atom stereocenters. The number of halogens is 5. The molecule has 1 saturated carbocycles. The highest BCUT2D eigenvalue weighted by Gasteiger charge is 2.52. The maximum Gasteiger partial charge on any atom is 0.511 e. The molecule has 5 unspecified atom stereocenters. The highest BCUT2D eigenvalue weighted by Crippen LogP contribution is 2.46. The van der Waals surface area contributed by atoms with Crippen molar-refractivity contribution in [3.63, 3.8) is 0 Å². The number of hydrogen-bond acceptors (Lipinski definition) is 7. The summed E-state index contributed by atoms with van der Waals surface area (Å²) in [6.45, 7) is 1.04. The van der Waals surface area contributed by atoms with Gasteiger partial charge in [-0.3, -0.25) is 4.79 Å². The number of rotatable bonds is 10. The Morgan fingerprint density at radius 2 is 1.60 bits per heavy atom. The van der Waals surface area contributed by atoms with Crippen LogP contribution in [0.1, 0.15) is 56.1 Å². The van der Waals surface area contributed by atoms with Crippen LogP contribution in [0.15, 0.2) is 48.5 Å². The Bertz CT molecular complexity index is 1460. The lowest BCUT2D eigenvalue weighted by atomic mass is 9.64. The van der Waals surface area contributed by atoms with Gasteiger partial charge in [-0.1, -0.05) is 47.5 Å². The number of piperidine rings is 2. The number of alkyl halides is 3. The Hall–Kier alpha value is -2.42. The summed E-state index contributed by atoms with van der Waals surface area (Å²) >= 11 is 12.5. The molecule has 2 aromatic rings. The Kier molecular flexibility index (Phi) is 11.4. The molecule has 15 heteroatoms. The maximum absolute atomic E-state index is 13.2. The first-order valence-electron chi connectivity index (χ1n) is 15.7. The van der Waals surface area contributed by atoms with Crippen LogP contribution in [0.25, 0.3) is 0 Å². The molecule has 5 rings (SSSR count). The fraction of sp³-hybridized carbons (Fsp3) is 0.562. The van der Waals surface area contributed by atoms with Crippen molar-refractivity contribution in [3.8, 4) is 0 Å². The van der Waals surface area contributed by atoms with Crippen LogP contribution in [0.4, 0.5) is 13.2 Å². The van der Waals surface area contributed by atoms with Gasteiger partial charge in [-0.25, -0.2) is 13.2 Å². The molecule has 3 fully saturated rings. The van der Waals surface area contributed by atoms with Gasteiger partial charge in [0.05, 0.1) is 18.8 Å². The number of fused-ring (bicyclic) bond motifs is 1. The van der Waals surface area contributed by atoms with Gasteiger partial charge >= 0.3 is 21.5 Å². The summed E-state index contributed by atoms with van der Waals surface area (Å²) in [6, 6.07) is 14.1. The summed E-state index contributed by atoms with van der Waals surface area (Å²) in [5, 5.41) is 7.79. The standard InChI is InChI=1S/C32H38Cl2F3N3O6S/c1-2-45-29(42)18-46-27-16-21(30(19-3-7-22(33)8-4-19)20-5-9-23(34)10-6-20)15-25-26(17-28(41)39-31(25)27)38-24-11-13-40(14-12-24)47(43,44)32(35,36)37/h3-10,21,24-27,30-31,38H,2,11-18H2,1H3,(H,39,41). The predicted octanol–water partition coefficient (Wildman–Crippen LogP) is 5.26. The number of nitrogens with zero attached hydrogens (tertiary/aromatic N) is 1. The van der Waals surface area contributed by atoms with Crippen LogP contribution in [0.5, 0.6) is 0 Å². The van der Waals surface area contributed by atoms with E-state index in [1.54, 1.807) is 6.92 Å². The van der Waals surface area contributed by atoms with Crippen molar-refractivity contribution in [2.45, 2.75) is 74.7 Å². The summed E-state index contributed by atoms with van der Waals surface area (Å²) in [7, 11) is -5.41. The van der Waals surface area contributed by atoms with Crippen LogP contribution in [0.2, 0.25) is 10.0 Å². The molecule has 9 nitrogen and oxygen atoms in total. The monoisotopic (exact) mass is 719 g/mol. The van der Waals surface area contributed by atoms with Gasteiger partial charge in [-0.05, 0) is 79.8 Å². The minimum Gasteiger partial charge on any atom is -0.464 e. The van der Waals surface area contributed by atoms with Crippen molar-refractivity contribution in [2.75, 3.05) is 26.3 Å². The summed E-state index contributed by atoms with van der Waals surface area (Å²) in [6.07, 6.45) is 1.07. The SMILES string of the molecule is CCOC(=O)COC1CC(C(c2ccc(Cl)cc2)c2ccc(Cl)cc2)CC2C(NC3CCN(S(=O)(=O)C(F)(F)F)CC3)CC(=O)NC12. The topological polar surface area (TPSA) is 114 Å². The van der Waals surface area contributed by atoms with Gasteiger partial charge in [0, 0.05) is 47.6 Å². The molecule has 47 heavy (non-hydrogen) atoms. The summed E-state index contributed by atoms with van der Waals surface area (Å²) < 4.78 is 75.1. The quantitative estimate of drug-likeness (QED) is 0.322. The van der Waals surface area contributed by atoms with Crippen LogP contribution in [-0.4, -0.2) is 80.6 Å². The van der Waals surface area contributed by atoms with E-state index in [1.165, 1.54) is 0 Å². The summed E-state index contributed by atoms with van der Waals surface area (Å²) in [4.78, 5) is 25.4. The second-order valence-electron chi connectivity index (χ2n) is 12.3. The Morgan fingerprint density at radius 3 is 2.13 bits per heavy atom. The number of benzene rings is 2. The van der Waals surface area contributed by atoms with Gasteiger partial charge in [0.1, 0.15) is 6.61 Å². The molecule has 2 aromatic carbocycles. The zero-order chi connectivity index (χ0) is 33.9. The van der Waals surface area contributed by atoms with E-state index in [0.29, 0.717) is 27.2 Å². The highest BCUT2D eigenvalue weighted by molar-refractivity contribution is 7.90. The van der Waals surface area contributed by atoms with E-state index >= 15 is 0 Å². The fourth-order valence-corrected chi connectivity index (χ4v) is 8.55. The lowest BCUT2D eigenvalue weighted by Crippen LogP contribution is -2.65. The lowest BCUT2D eigenvalue weighted by molar-refractivity contribution is -0.154. The Balaban J connectivity index is 1.42. The molecule has 3 aliphatic rings. The average molecular weight is 721 g/mol. The van der Waals surface area contributed by atoms with Gasteiger partial charge < -0.3 is 20.1 Å². The largest absolute Gasteiger partial charge is 0.511 e. The first-order chi connectivity index (χ1) is 22.3. The maximum atomic E-state index is 13.2. The van der Waals surface area contributed by atoms with Gasteiger partial charge in [-0.15, -0.1) is 0 Å². The molecule has 0 spiro atoms. The first-order valence-corrected chi connectivity index (χ1v) is 17.9. The fourth-order valence-electron chi connectivity index (χ4n) is 7.32. The van der Waals surface area contributed by atoms with E-state index in [1.807, 2.05) is 48.5 Å². The molecule has 2 heterocycles. The first kappa shape index (κ1) is 35.9. The van der Waals surface area contributed by atoms with Crippen LogP contribution >= 0.6 is 23.2 Å². The van der Waals surface area contributed by atoms with E-state index in [0.717, 1.165) is 11.1 Å². The van der Waals surface area contributed by atoms with Crippen LogP contribution in [0, 0.1) is 11.8 Å². The number of nitrogens with one attached hydrogen (secondary N) is 2. The second kappa shape index (κ2) is 15.0. The Labute approximate surface area is 282 Å². The molecule has 1 amide bonds. The van der Waals surface area contributed by atoms with E-state index in [4.69, 9.17) is 32.7 Å². The number of esters is 1. The molecule has 258 valence electrons. The summed E-state index contributed by atoms with van der Waals surface area (Å²) in [5.74, 6) is -1.04. The highest BCUT2D eigenvalue weighted by atomic mass is 35.5. The van der Waals surface area contributed by atoms with E-state index in [9.17, 15) is 31.2 Å². The van der Waals surface area contributed by atoms with Crippen molar-refractivity contribution in [3.05, 3.63) is 69.7 Å². The molecule has 1 aliphatic carbocycles. The number of carbonyl (C=O) groups is 2. The van der Waals surface area contributed by atoms with Crippen LogP contribution in [-0.2, 0) is 29.1 Å². The van der Waals surface area contributed by atoms with Crippen molar-refractivity contribution >= 4 is 45.1 Å². The average Bonchev–Trinajstić information content (AvgIpc) is 3.02. The molecule has 0 radical (unpaired) electrons. The third kappa shape index (κ3) is 8.42. The van der Waals surface area contributed by atoms with E-state index in [-0.39, 0.29) is 81.3 Å². The molecule has 2 N–H and O–H groups in total. The normalized spacial score (nSPS) is 26.1. The van der Waals surface area contributed by atoms with Crippen molar-refractivity contribution in [1.82, 2.24) is 14.9 Å². The second-order valence-corrected chi connectivity index (χ2v) is 15.1.